The largest absolute Gasteiger partial charge is 0.497 e. The molecule has 1 amide bonds. The van der Waals surface area contributed by atoms with Crippen molar-refractivity contribution < 1.29 is 14.3 Å². The fourth-order valence-corrected chi connectivity index (χ4v) is 4.75. The Labute approximate surface area is 213 Å². The molecule has 0 radical (unpaired) electrons. The molecule has 3 aromatic carbocycles. The fraction of sp³-hybridized carbons (Fsp3) is 0.231. The van der Waals surface area contributed by atoms with Gasteiger partial charge in [0.05, 0.1) is 24.8 Å². The molecule has 3 aromatic rings. The van der Waals surface area contributed by atoms with Gasteiger partial charge in [0.2, 0.25) is 0 Å². The number of hydrogen-bond donors (Lipinski definition) is 0. The third-order valence-electron chi connectivity index (χ3n) is 5.50. The second-order valence-corrected chi connectivity index (χ2v) is 9.17. The van der Waals surface area contributed by atoms with Crippen LogP contribution in [0.4, 0.5) is 4.79 Å². The van der Waals surface area contributed by atoms with Gasteiger partial charge in [0.1, 0.15) is 23.4 Å². The van der Waals surface area contributed by atoms with Crippen LogP contribution in [0.15, 0.2) is 71.7 Å². The van der Waals surface area contributed by atoms with Crippen molar-refractivity contribution in [3.8, 4) is 11.5 Å². The van der Waals surface area contributed by atoms with Crippen molar-refractivity contribution in [3.05, 3.63) is 93.5 Å². The van der Waals surface area contributed by atoms with Gasteiger partial charge in [0.25, 0.3) is 0 Å². The highest BCUT2D eigenvalue weighted by Crippen LogP contribution is 2.48. The summed E-state index contributed by atoms with van der Waals surface area (Å²) in [6.45, 7) is 3.84. The first kappa shape index (κ1) is 24.4. The van der Waals surface area contributed by atoms with Gasteiger partial charge in [-0.1, -0.05) is 59.6 Å². The molecule has 8 heteroatoms. The van der Waals surface area contributed by atoms with Crippen molar-refractivity contribution in [2.75, 3.05) is 7.11 Å². The van der Waals surface area contributed by atoms with Crippen molar-refractivity contribution in [2.24, 2.45) is 4.99 Å². The number of ether oxygens (including phenoxy) is 2. The molecular formula is C26H23Cl3N2O3. The van der Waals surface area contributed by atoms with E-state index in [-0.39, 0.29) is 6.10 Å². The number of amidine groups is 1. The second kappa shape index (κ2) is 10.3. The highest BCUT2D eigenvalue weighted by Gasteiger charge is 2.44. The van der Waals surface area contributed by atoms with Crippen LogP contribution in [0.3, 0.4) is 0 Å². The third-order valence-corrected chi connectivity index (χ3v) is 6.37. The third kappa shape index (κ3) is 4.74. The molecule has 1 aliphatic rings. The molecule has 5 nitrogen and oxygen atoms in total. The molecule has 0 saturated heterocycles. The number of carbonyl (C=O) groups is 1. The Morgan fingerprint density at radius 1 is 0.971 bits per heavy atom. The van der Waals surface area contributed by atoms with Crippen LogP contribution in [-0.2, 0) is 0 Å². The normalized spacial score (nSPS) is 17.6. The van der Waals surface area contributed by atoms with Crippen molar-refractivity contribution in [2.45, 2.75) is 32.0 Å². The van der Waals surface area contributed by atoms with Gasteiger partial charge in [0.15, 0.2) is 0 Å². The molecule has 2 atom stereocenters. The Morgan fingerprint density at radius 2 is 1.59 bits per heavy atom. The lowest BCUT2D eigenvalue weighted by molar-refractivity contribution is 0.230. The summed E-state index contributed by atoms with van der Waals surface area (Å²) in [6.07, 6.45) is -0.119. The molecule has 0 saturated carbocycles. The molecule has 4 rings (SSSR count). The van der Waals surface area contributed by atoms with Crippen LogP contribution >= 0.6 is 34.8 Å². The van der Waals surface area contributed by atoms with E-state index >= 15 is 0 Å². The van der Waals surface area contributed by atoms with E-state index in [2.05, 4.69) is 0 Å². The fourth-order valence-electron chi connectivity index (χ4n) is 4.07. The van der Waals surface area contributed by atoms with Crippen LogP contribution in [0.25, 0.3) is 0 Å². The zero-order valence-electron chi connectivity index (χ0n) is 18.8. The number of hydrogen-bond acceptors (Lipinski definition) is 4. The van der Waals surface area contributed by atoms with Gasteiger partial charge >= 0.3 is 5.37 Å². The number of amides is 1. The van der Waals surface area contributed by atoms with Gasteiger partial charge in [-0.3, -0.25) is 14.7 Å². The summed E-state index contributed by atoms with van der Waals surface area (Å²) < 4.78 is 11.4. The lowest BCUT2D eigenvalue weighted by Gasteiger charge is -2.29. The van der Waals surface area contributed by atoms with Gasteiger partial charge in [0, 0.05) is 16.1 Å². The van der Waals surface area contributed by atoms with E-state index in [0.717, 1.165) is 5.56 Å². The molecule has 0 bridgehead atoms. The van der Waals surface area contributed by atoms with Crippen LogP contribution in [-0.4, -0.2) is 29.3 Å². The first-order valence-electron chi connectivity index (χ1n) is 10.7. The van der Waals surface area contributed by atoms with Gasteiger partial charge in [-0.15, -0.1) is 0 Å². The second-order valence-electron chi connectivity index (χ2n) is 8.04. The molecule has 1 aliphatic heterocycles. The number of benzene rings is 3. The Balaban J connectivity index is 1.96. The molecule has 0 unspecified atom stereocenters. The zero-order chi connectivity index (χ0) is 24.4. The lowest BCUT2D eigenvalue weighted by atomic mass is 9.93. The topological polar surface area (TPSA) is 51.1 Å². The van der Waals surface area contributed by atoms with Gasteiger partial charge in [-0.2, -0.15) is 0 Å². The summed E-state index contributed by atoms with van der Waals surface area (Å²) in [5.41, 5.74) is 2.07. The van der Waals surface area contributed by atoms with Gasteiger partial charge in [-0.05, 0) is 60.8 Å². The summed E-state index contributed by atoms with van der Waals surface area (Å²) >= 11 is 19.4. The van der Waals surface area contributed by atoms with E-state index < -0.39 is 17.5 Å². The Morgan fingerprint density at radius 3 is 2.15 bits per heavy atom. The molecule has 0 aromatic heterocycles. The maximum absolute atomic E-state index is 12.9. The Hall–Kier alpha value is -2.73. The van der Waals surface area contributed by atoms with Gasteiger partial charge in [-0.25, -0.2) is 0 Å². The first-order valence-corrected chi connectivity index (χ1v) is 11.9. The Kier molecular flexibility index (Phi) is 7.36. The van der Waals surface area contributed by atoms with E-state index in [1.165, 1.54) is 4.90 Å². The average Bonchev–Trinajstić information content (AvgIpc) is 3.19. The smallest absolute Gasteiger partial charge is 0.322 e. The van der Waals surface area contributed by atoms with Crippen LogP contribution in [0.5, 0.6) is 11.5 Å². The van der Waals surface area contributed by atoms with Crippen LogP contribution in [0.1, 0.15) is 42.6 Å². The van der Waals surface area contributed by atoms with E-state index in [1.54, 1.807) is 37.4 Å². The van der Waals surface area contributed by atoms with Crippen molar-refractivity contribution in [1.29, 1.82) is 0 Å². The molecule has 0 fully saturated rings. The van der Waals surface area contributed by atoms with E-state index in [9.17, 15) is 4.79 Å². The van der Waals surface area contributed by atoms with Crippen LogP contribution in [0, 0.1) is 0 Å². The number of halogens is 3. The standard InChI is InChI=1S/C26H23Cl3N2O3/c1-15(2)34-22-14-16(33-3)12-13-19(22)25-30-23(17-8-4-6-10-20(17)27)24(31(25)26(29)32)18-9-5-7-11-21(18)28/h4-15,23-24H,1-3H3/t23-,24+/m0/s1. The van der Waals surface area contributed by atoms with Crippen molar-refractivity contribution in [3.63, 3.8) is 0 Å². The summed E-state index contributed by atoms with van der Waals surface area (Å²) in [5, 5.41) is 0.340. The first-order chi connectivity index (χ1) is 16.3. The Bertz CT molecular complexity index is 1250. The minimum absolute atomic E-state index is 0.119. The molecule has 0 spiro atoms. The number of nitrogens with zero attached hydrogens (tertiary/aromatic N) is 2. The van der Waals surface area contributed by atoms with Crippen molar-refractivity contribution in [1.82, 2.24) is 4.90 Å². The van der Waals surface area contributed by atoms with E-state index in [4.69, 9.17) is 49.3 Å². The monoisotopic (exact) mass is 516 g/mol. The molecule has 0 aliphatic carbocycles. The van der Waals surface area contributed by atoms with Crippen LogP contribution in [0.2, 0.25) is 10.0 Å². The SMILES string of the molecule is COc1ccc(C2=N[C@@H](c3ccccc3Cl)[C@@H](c3ccccc3Cl)N2C(=O)Cl)c(OC(C)C)c1. The predicted molar refractivity (Wildman–Crippen MR) is 137 cm³/mol. The molecule has 34 heavy (non-hydrogen) atoms. The number of rotatable bonds is 6. The lowest BCUT2D eigenvalue weighted by Crippen LogP contribution is -2.34. The zero-order valence-corrected chi connectivity index (χ0v) is 21.1. The van der Waals surface area contributed by atoms with Gasteiger partial charge < -0.3 is 9.47 Å². The number of carbonyl (C=O) groups excluding carboxylic acids is 1. The molecular weight excluding hydrogens is 495 g/mol. The minimum Gasteiger partial charge on any atom is -0.497 e. The highest BCUT2D eigenvalue weighted by atomic mass is 35.5. The number of aliphatic imine (C=N–C) groups is 1. The number of methoxy groups -OCH3 is 1. The van der Waals surface area contributed by atoms with E-state index in [1.807, 2.05) is 50.2 Å². The minimum atomic E-state index is -0.690. The molecule has 0 N–H and O–H groups in total. The summed E-state index contributed by atoms with van der Waals surface area (Å²) in [4.78, 5) is 19.4. The quantitative estimate of drug-likeness (QED) is 0.249. The molecule has 1 heterocycles. The summed E-state index contributed by atoms with van der Waals surface area (Å²) in [5.74, 6) is 1.51. The molecule has 176 valence electrons. The summed E-state index contributed by atoms with van der Waals surface area (Å²) in [6, 6.07) is 18.9. The predicted octanol–water partition coefficient (Wildman–Crippen LogP) is 7.69. The maximum atomic E-state index is 12.9. The van der Waals surface area contributed by atoms with E-state index in [0.29, 0.717) is 38.5 Å². The average molecular weight is 518 g/mol. The summed E-state index contributed by atoms with van der Waals surface area (Å²) in [7, 11) is 1.58. The van der Waals surface area contributed by atoms with Crippen molar-refractivity contribution >= 4 is 46.0 Å². The maximum Gasteiger partial charge on any atom is 0.322 e. The van der Waals surface area contributed by atoms with Crippen LogP contribution < -0.4 is 9.47 Å². The highest BCUT2D eigenvalue weighted by molar-refractivity contribution is 6.64.